The van der Waals surface area contributed by atoms with Gasteiger partial charge in [-0.3, -0.25) is 4.79 Å². The number of halogens is 3. The Morgan fingerprint density at radius 1 is 1.18 bits per heavy atom. The number of nitrogens with one attached hydrogen (secondary N) is 1. The van der Waals surface area contributed by atoms with Crippen molar-refractivity contribution >= 4 is 40.7 Å². The minimum Gasteiger partial charge on any atom is -0.497 e. The summed E-state index contributed by atoms with van der Waals surface area (Å²) in [5.41, 5.74) is 0. The van der Waals surface area contributed by atoms with E-state index in [-0.39, 0.29) is 5.91 Å². The van der Waals surface area contributed by atoms with Crippen LogP contribution in [0.3, 0.4) is 0 Å². The molecule has 1 rings (SSSR count). The van der Waals surface area contributed by atoms with Crippen molar-refractivity contribution in [2.75, 3.05) is 7.11 Å². The summed E-state index contributed by atoms with van der Waals surface area (Å²) in [6, 6.07) is 6.78. The molecule has 0 fully saturated rings. The molecule has 0 aliphatic carbocycles. The van der Waals surface area contributed by atoms with Crippen molar-refractivity contribution in [3.05, 3.63) is 24.3 Å². The van der Waals surface area contributed by atoms with E-state index in [0.29, 0.717) is 17.9 Å². The van der Waals surface area contributed by atoms with Crippen molar-refractivity contribution in [2.45, 2.75) is 42.6 Å². The fourth-order valence-electron chi connectivity index (χ4n) is 1.72. The summed E-state index contributed by atoms with van der Waals surface area (Å²) < 4.78 is 8.85. The van der Waals surface area contributed by atoms with Gasteiger partial charge in [-0.1, -0.05) is 54.6 Å². The lowest BCUT2D eigenvalue weighted by Crippen LogP contribution is -2.47. The number of hydrogen-bond donors (Lipinski definition) is 1. The number of rotatable bonds is 8. The first-order valence-electron chi connectivity index (χ1n) is 7.03. The summed E-state index contributed by atoms with van der Waals surface area (Å²) in [5, 5.41) is 2.60. The SMILES string of the molecule is CCCCCC(=O)NC(Oc1ccc(OC)cc1)C(Cl)(Cl)Cl. The molecule has 0 bridgehead atoms. The Morgan fingerprint density at radius 2 is 1.77 bits per heavy atom. The summed E-state index contributed by atoms with van der Waals surface area (Å²) in [6.07, 6.45) is 2.10. The van der Waals surface area contributed by atoms with E-state index in [1.807, 2.05) is 0 Å². The molecule has 0 saturated carbocycles. The van der Waals surface area contributed by atoms with Gasteiger partial charge in [0.05, 0.1) is 7.11 Å². The number of methoxy groups -OCH3 is 1. The number of carbonyl (C=O) groups is 1. The van der Waals surface area contributed by atoms with Gasteiger partial charge in [0.2, 0.25) is 15.9 Å². The molecule has 0 saturated heterocycles. The van der Waals surface area contributed by atoms with Crippen LogP contribution in [0.25, 0.3) is 0 Å². The quantitative estimate of drug-likeness (QED) is 0.418. The summed E-state index contributed by atoms with van der Waals surface area (Å²) in [5.74, 6) is 0.936. The van der Waals surface area contributed by atoms with E-state index in [1.54, 1.807) is 31.4 Å². The van der Waals surface area contributed by atoms with Crippen LogP contribution in [-0.2, 0) is 4.79 Å². The first-order valence-corrected chi connectivity index (χ1v) is 8.17. The van der Waals surface area contributed by atoms with Gasteiger partial charge >= 0.3 is 0 Å². The van der Waals surface area contributed by atoms with Crippen LogP contribution < -0.4 is 14.8 Å². The lowest BCUT2D eigenvalue weighted by Gasteiger charge is -2.26. The third-order valence-corrected chi connectivity index (χ3v) is 3.50. The minimum atomic E-state index is -1.78. The number of hydrogen-bond acceptors (Lipinski definition) is 3. The minimum absolute atomic E-state index is 0.210. The van der Waals surface area contributed by atoms with E-state index in [4.69, 9.17) is 44.3 Å². The number of ether oxygens (including phenoxy) is 2. The Labute approximate surface area is 146 Å². The molecule has 7 heteroatoms. The standard InChI is InChI=1S/C15H20Cl3NO3/c1-3-4-5-6-13(20)19-14(15(16,17)18)22-12-9-7-11(21-2)8-10-12/h7-10,14H,3-6H2,1-2H3,(H,19,20). The predicted octanol–water partition coefficient (Wildman–Crippen LogP) is 4.47. The Bertz CT molecular complexity index is 460. The second-order valence-corrected chi connectivity index (χ2v) is 7.11. The van der Waals surface area contributed by atoms with Gasteiger partial charge < -0.3 is 14.8 Å². The summed E-state index contributed by atoms with van der Waals surface area (Å²) in [7, 11) is 1.57. The van der Waals surface area contributed by atoms with Crippen molar-refractivity contribution in [1.29, 1.82) is 0 Å². The smallest absolute Gasteiger partial charge is 0.246 e. The van der Waals surface area contributed by atoms with Crippen LogP contribution in [0.15, 0.2) is 24.3 Å². The van der Waals surface area contributed by atoms with Crippen LogP contribution >= 0.6 is 34.8 Å². The molecule has 1 amide bonds. The zero-order valence-corrected chi connectivity index (χ0v) is 14.8. The second kappa shape index (κ2) is 9.33. The van der Waals surface area contributed by atoms with Gasteiger partial charge in [-0.2, -0.15) is 0 Å². The van der Waals surface area contributed by atoms with E-state index in [9.17, 15) is 4.79 Å². The van der Waals surface area contributed by atoms with Crippen LogP contribution in [0.4, 0.5) is 0 Å². The third-order valence-electron chi connectivity index (χ3n) is 2.91. The van der Waals surface area contributed by atoms with Gasteiger partial charge in [-0.05, 0) is 30.7 Å². The normalized spacial score (nSPS) is 12.6. The first-order chi connectivity index (χ1) is 10.4. The molecule has 1 N–H and O–H groups in total. The molecule has 0 radical (unpaired) electrons. The first kappa shape index (κ1) is 19.2. The molecule has 0 spiro atoms. The Kier molecular flexibility index (Phi) is 8.15. The van der Waals surface area contributed by atoms with Crippen LogP contribution in [0.2, 0.25) is 0 Å². The van der Waals surface area contributed by atoms with Crippen LogP contribution in [0.5, 0.6) is 11.5 Å². The van der Waals surface area contributed by atoms with E-state index in [1.165, 1.54) is 0 Å². The molecule has 0 aliphatic heterocycles. The van der Waals surface area contributed by atoms with E-state index < -0.39 is 10.0 Å². The monoisotopic (exact) mass is 367 g/mol. The molecule has 0 aromatic heterocycles. The van der Waals surface area contributed by atoms with Crippen LogP contribution in [0.1, 0.15) is 32.6 Å². The van der Waals surface area contributed by atoms with Crippen molar-refractivity contribution in [2.24, 2.45) is 0 Å². The Balaban J connectivity index is 2.66. The highest BCUT2D eigenvalue weighted by Gasteiger charge is 2.36. The van der Waals surface area contributed by atoms with Crippen molar-refractivity contribution in [1.82, 2.24) is 5.32 Å². The van der Waals surface area contributed by atoms with Crippen molar-refractivity contribution in [3.8, 4) is 11.5 Å². The van der Waals surface area contributed by atoms with Crippen molar-refractivity contribution < 1.29 is 14.3 Å². The van der Waals surface area contributed by atoms with Gasteiger partial charge in [0.25, 0.3) is 0 Å². The number of unbranched alkanes of at least 4 members (excludes halogenated alkanes) is 2. The van der Waals surface area contributed by atoms with Gasteiger partial charge in [-0.15, -0.1) is 0 Å². The molecule has 1 aromatic carbocycles. The van der Waals surface area contributed by atoms with Gasteiger partial charge in [0, 0.05) is 6.42 Å². The molecule has 22 heavy (non-hydrogen) atoms. The number of amides is 1. The molecule has 1 aromatic rings. The highest BCUT2D eigenvalue weighted by atomic mass is 35.6. The Morgan fingerprint density at radius 3 is 2.27 bits per heavy atom. The zero-order chi connectivity index (χ0) is 16.6. The average molecular weight is 369 g/mol. The topological polar surface area (TPSA) is 47.6 Å². The summed E-state index contributed by atoms with van der Waals surface area (Å²) in [4.78, 5) is 11.9. The van der Waals surface area contributed by atoms with Crippen LogP contribution in [-0.4, -0.2) is 23.0 Å². The van der Waals surface area contributed by atoms with Gasteiger partial charge in [-0.25, -0.2) is 0 Å². The van der Waals surface area contributed by atoms with E-state index >= 15 is 0 Å². The molecule has 1 atom stereocenters. The highest BCUT2D eigenvalue weighted by molar-refractivity contribution is 6.68. The number of alkyl halides is 3. The fraction of sp³-hybridized carbons (Fsp3) is 0.533. The lowest BCUT2D eigenvalue weighted by atomic mass is 10.2. The van der Waals surface area contributed by atoms with Gasteiger partial charge in [0.15, 0.2) is 0 Å². The molecule has 0 aliphatic rings. The summed E-state index contributed by atoms with van der Waals surface area (Å²) in [6.45, 7) is 2.06. The Hall–Kier alpha value is -0.840. The largest absolute Gasteiger partial charge is 0.497 e. The summed E-state index contributed by atoms with van der Waals surface area (Å²) >= 11 is 17.6. The molecule has 0 heterocycles. The van der Waals surface area contributed by atoms with Crippen molar-refractivity contribution in [3.63, 3.8) is 0 Å². The number of benzene rings is 1. The van der Waals surface area contributed by atoms with E-state index in [0.717, 1.165) is 19.3 Å². The lowest BCUT2D eigenvalue weighted by molar-refractivity contribution is -0.123. The average Bonchev–Trinajstić information content (AvgIpc) is 2.46. The van der Waals surface area contributed by atoms with E-state index in [2.05, 4.69) is 12.2 Å². The molecular formula is C15H20Cl3NO3. The molecular weight excluding hydrogens is 349 g/mol. The predicted molar refractivity (Wildman–Crippen MR) is 90.0 cm³/mol. The van der Waals surface area contributed by atoms with Gasteiger partial charge in [0.1, 0.15) is 11.5 Å². The number of carbonyl (C=O) groups excluding carboxylic acids is 1. The molecule has 124 valence electrons. The molecule has 4 nitrogen and oxygen atoms in total. The fourth-order valence-corrected chi connectivity index (χ4v) is 2.02. The highest BCUT2D eigenvalue weighted by Crippen LogP contribution is 2.32. The third kappa shape index (κ3) is 6.95. The zero-order valence-electron chi connectivity index (χ0n) is 12.6. The van der Waals surface area contributed by atoms with Crippen LogP contribution in [0, 0.1) is 0 Å². The maximum absolute atomic E-state index is 11.9. The second-order valence-electron chi connectivity index (χ2n) is 4.74. The molecule has 1 unspecified atom stereocenters. The maximum atomic E-state index is 11.9. The maximum Gasteiger partial charge on any atom is 0.246 e.